The van der Waals surface area contributed by atoms with Crippen LogP contribution >= 0.6 is 0 Å². The number of ether oxygens (including phenoxy) is 1. The van der Waals surface area contributed by atoms with Gasteiger partial charge in [-0.25, -0.2) is 5.01 Å². The Kier molecular flexibility index (Phi) is 9.04. The molecule has 4 fully saturated rings. The molecule has 3 aliphatic heterocycles. The first kappa shape index (κ1) is 25.3. The molecule has 4 aliphatic rings. The standard InChI is InChI=1S/C25H48N6O2/c1-17(2)31-24-22(15-27-31)21(25(32)28-20-7-11-33-12-8-20)14-23(29-24)19-6-4-5-18(13-19)16-30(3)10-9-26/h17-24,27,29H,4-16,26H2,1-3H3,(H,28,32). The monoisotopic (exact) mass is 464 g/mol. The van der Waals surface area contributed by atoms with Crippen LogP contribution < -0.4 is 21.8 Å². The average molecular weight is 465 g/mol. The van der Waals surface area contributed by atoms with Crippen LogP contribution in [-0.2, 0) is 9.53 Å². The summed E-state index contributed by atoms with van der Waals surface area (Å²) in [5, 5.41) is 9.80. The predicted octanol–water partition coefficient (Wildman–Crippen LogP) is 1.13. The summed E-state index contributed by atoms with van der Waals surface area (Å²) >= 11 is 0. The molecule has 0 aromatic rings. The molecule has 0 radical (unpaired) electrons. The van der Waals surface area contributed by atoms with Crippen molar-refractivity contribution in [1.82, 2.24) is 26.0 Å². The fourth-order valence-electron chi connectivity index (χ4n) is 6.83. The lowest BCUT2D eigenvalue weighted by atomic mass is 9.71. The van der Waals surface area contributed by atoms with E-state index in [1.54, 1.807) is 0 Å². The highest BCUT2D eigenvalue weighted by atomic mass is 16.5. The Hall–Kier alpha value is -0.770. The summed E-state index contributed by atoms with van der Waals surface area (Å²) < 4.78 is 5.50. The van der Waals surface area contributed by atoms with E-state index in [9.17, 15) is 4.79 Å². The fraction of sp³-hybridized carbons (Fsp3) is 0.960. The van der Waals surface area contributed by atoms with Crippen molar-refractivity contribution in [3.05, 3.63) is 0 Å². The highest BCUT2D eigenvalue weighted by Gasteiger charge is 2.49. The molecule has 4 rings (SSSR count). The molecular weight excluding hydrogens is 416 g/mol. The second kappa shape index (κ2) is 11.8. The highest BCUT2D eigenvalue weighted by molar-refractivity contribution is 5.79. The molecule has 1 saturated carbocycles. The Morgan fingerprint density at radius 2 is 2.00 bits per heavy atom. The largest absolute Gasteiger partial charge is 0.381 e. The molecule has 0 spiro atoms. The summed E-state index contributed by atoms with van der Waals surface area (Å²) in [6.45, 7) is 9.71. The number of hydrogen-bond donors (Lipinski definition) is 4. The molecule has 8 heteroatoms. The Balaban J connectivity index is 1.44. The number of carbonyl (C=O) groups excluding carboxylic acids is 1. The summed E-state index contributed by atoms with van der Waals surface area (Å²) in [5.41, 5.74) is 9.38. The topological polar surface area (TPSA) is 94.9 Å². The van der Waals surface area contributed by atoms with E-state index in [-0.39, 0.29) is 24.0 Å². The SMILES string of the molecule is CC(C)N1NCC2C(C(=O)NC3CCOCC3)CC(C3CCCC(CN(C)CCN)C3)NC21. The molecule has 1 amide bonds. The Morgan fingerprint density at radius 3 is 2.73 bits per heavy atom. The molecule has 0 aromatic heterocycles. The van der Waals surface area contributed by atoms with Crippen LogP contribution in [0.4, 0.5) is 0 Å². The first-order valence-electron chi connectivity index (χ1n) is 13.5. The minimum absolute atomic E-state index is 0.0700. The maximum atomic E-state index is 13.6. The molecule has 1 aliphatic carbocycles. The number of piperidine rings is 1. The lowest BCUT2D eigenvalue weighted by Gasteiger charge is -2.46. The van der Waals surface area contributed by atoms with Crippen molar-refractivity contribution in [1.29, 1.82) is 0 Å². The Morgan fingerprint density at radius 1 is 1.21 bits per heavy atom. The first-order valence-corrected chi connectivity index (χ1v) is 13.5. The third kappa shape index (κ3) is 6.27. The van der Waals surface area contributed by atoms with E-state index in [1.807, 2.05) is 0 Å². The molecule has 6 unspecified atom stereocenters. The third-order valence-corrected chi connectivity index (χ3v) is 8.56. The zero-order chi connectivity index (χ0) is 23.4. The maximum Gasteiger partial charge on any atom is 0.223 e. The van der Waals surface area contributed by atoms with E-state index in [1.165, 1.54) is 25.7 Å². The van der Waals surface area contributed by atoms with Gasteiger partial charge >= 0.3 is 0 Å². The van der Waals surface area contributed by atoms with Crippen LogP contribution in [0.1, 0.15) is 58.8 Å². The number of carbonyl (C=O) groups is 1. The second-order valence-corrected chi connectivity index (χ2v) is 11.3. The second-order valence-electron chi connectivity index (χ2n) is 11.3. The summed E-state index contributed by atoms with van der Waals surface area (Å²) in [5.74, 6) is 2.03. The van der Waals surface area contributed by atoms with Gasteiger partial charge in [-0.1, -0.05) is 6.42 Å². The van der Waals surface area contributed by atoms with Gasteiger partial charge in [0.1, 0.15) is 0 Å². The van der Waals surface area contributed by atoms with Gasteiger partial charge in [-0.3, -0.25) is 15.5 Å². The van der Waals surface area contributed by atoms with Crippen molar-refractivity contribution in [3.63, 3.8) is 0 Å². The molecule has 6 atom stereocenters. The zero-order valence-corrected chi connectivity index (χ0v) is 21.1. The fourth-order valence-corrected chi connectivity index (χ4v) is 6.83. The molecule has 0 aromatic carbocycles. The van der Waals surface area contributed by atoms with E-state index >= 15 is 0 Å². The number of fused-ring (bicyclic) bond motifs is 1. The number of hydrazine groups is 1. The zero-order valence-electron chi connectivity index (χ0n) is 21.1. The molecule has 33 heavy (non-hydrogen) atoms. The maximum absolute atomic E-state index is 13.6. The van der Waals surface area contributed by atoms with Gasteiger partial charge in [0.05, 0.1) is 6.17 Å². The van der Waals surface area contributed by atoms with Gasteiger partial charge in [-0.15, -0.1) is 0 Å². The smallest absolute Gasteiger partial charge is 0.223 e. The molecule has 190 valence electrons. The van der Waals surface area contributed by atoms with Crippen molar-refractivity contribution < 1.29 is 9.53 Å². The van der Waals surface area contributed by atoms with E-state index in [4.69, 9.17) is 10.5 Å². The van der Waals surface area contributed by atoms with Crippen molar-refractivity contribution >= 4 is 5.91 Å². The Labute approximate surface area is 200 Å². The summed E-state index contributed by atoms with van der Waals surface area (Å²) in [4.78, 5) is 15.9. The quantitative estimate of drug-likeness (QED) is 0.428. The minimum Gasteiger partial charge on any atom is -0.381 e. The molecule has 3 heterocycles. The average Bonchev–Trinajstić information content (AvgIpc) is 3.24. The molecular formula is C25H48N6O2. The van der Waals surface area contributed by atoms with Gasteiger partial charge in [0.2, 0.25) is 5.91 Å². The van der Waals surface area contributed by atoms with Crippen LogP contribution in [0.2, 0.25) is 0 Å². The van der Waals surface area contributed by atoms with Crippen molar-refractivity contribution in [3.8, 4) is 0 Å². The lowest BCUT2D eigenvalue weighted by molar-refractivity contribution is -0.131. The number of hydrogen-bond acceptors (Lipinski definition) is 7. The van der Waals surface area contributed by atoms with Gasteiger partial charge in [0.25, 0.3) is 0 Å². The number of nitrogens with one attached hydrogen (secondary N) is 3. The molecule has 8 nitrogen and oxygen atoms in total. The van der Waals surface area contributed by atoms with Gasteiger partial charge in [0, 0.05) is 69.4 Å². The summed E-state index contributed by atoms with van der Waals surface area (Å²) in [7, 11) is 2.20. The van der Waals surface area contributed by atoms with Crippen molar-refractivity contribution in [2.75, 3.05) is 46.4 Å². The first-order chi connectivity index (χ1) is 16.0. The normalized spacial score (nSPS) is 36.3. The number of likely N-dealkylation sites (N-methyl/N-ethyl adjacent to an activating group) is 1. The number of amides is 1. The lowest BCUT2D eigenvalue weighted by Crippen LogP contribution is -2.62. The van der Waals surface area contributed by atoms with Crippen molar-refractivity contribution in [2.24, 2.45) is 29.4 Å². The van der Waals surface area contributed by atoms with Gasteiger partial charge in [-0.2, -0.15) is 0 Å². The molecule has 0 bridgehead atoms. The van der Waals surface area contributed by atoms with Gasteiger partial charge in [-0.05, 0) is 71.3 Å². The van der Waals surface area contributed by atoms with E-state index < -0.39 is 0 Å². The van der Waals surface area contributed by atoms with Gasteiger partial charge in [0.15, 0.2) is 0 Å². The highest BCUT2D eigenvalue weighted by Crippen LogP contribution is 2.39. The van der Waals surface area contributed by atoms with Crippen LogP contribution in [0, 0.1) is 23.7 Å². The molecule has 3 saturated heterocycles. The van der Waals surface area contributed by atoms with Crippen LogP contribution in [0.3, 0.4) is 0 Å². The summed E-state index contributed by atoms with van der Waals surface area (Å²) in [6, 6.07) is 1.07. The van der Waals surface area contributed by atoms with Gasteiger partial charge < -0.3 is 20.7 Å². The number of rotatable bonds is 8. The van der Waals surface area contributed by atoms with Crippen LogP contribution in [-0.4, -0.2) is 86.5 Å². The van der Waals surface area contributed by atoms with Crippen LogP contribution in [0.25, 0.3) is 0 Å². The van der Waals surface area contributed by atoms with Crippen LogP contribution in [0.5, 0.6) is 0 Å². The van der Waals surface area contributed by atoms with E-state index in [2.05, 4.69) is 46.9 Å². The third-order valence-electron chi connectivity index (χ3n) is 8.56. The predicted molar refractivity (Wildman–Crippen MR) is 131 cm³/mol. The Bertz CT molecular complexity index is 628. The van der Waals surface area contributed by atoms with Crippen molar-refractivity contribution in [2.45, 2.75) is 83.1 Å². The van der Waals surface area contributed by atoms with Crippen LogP contribution in [0.15, 0.2) is 0 Å². The number of nitrogens with two attached hydrogens (primary N) is 1. The number of nitrogens with zero attached hydrogens (tertiary/aromatic N) is 2. The molecule has 5 N–H and O–H groups in total. The van der Waals surface area contributed by atoms with E-state index in [0.717, 1.165) is 64.6 Å². The summed E-state index contributed by atoms with van der Waals surface area (Å²) in [6.07, 6.45) is 8.20. The van der Waals surface area contributed by atoms with E-state index in [0.29, 0.717) is 23.9 Å². The minimum atomic E-state index is 0.0700.